The van der Waals surface area contributed by atoms with Crippen molar-refractivity contribution in [2.45, 2.75) is 44.6 Å². The lowest BCUT2D eigenvalue weighted by atomic mass is 9.93. The molecule has 2 amide bonds. The summed E-state index contributed by atoms with van der Waals surface area (Å²) >= 11 is 0. The Bertz CT molecular complexity index is 663. The molecular formula is C21H28N2O3. The van der Waals surface area contributed by atoms with Crippen molar-refractivity contribution >= 4 is 11.8 Å². The zero-order valence-corrected chi connectivity index (χ0v) is 15.4. The first-order chi connectivity index (χ1) is 12.7. The lowest BCUT2D eigenvalue weighted by molar-refractivity contribution is -0.131. The molecule has 1 aliphatic heterocycles. The Labute approximate surface area is 155 Å². The van der Waals surface area contributed by atoms with Crippen LogP contribution >= 0.6 is 0 Å². The molecule has 1 heterocycles. The van der Waals surface area contributed by atoms with Gasteiger partial charge in [-0.1, -0.05) is 24.3 Å². The van der Waals surface area contributed by atoms with E-state index in [0.29, 0.717) is 19.5 Å². The van der Waals surface area contributed by atoms with E-state index in [0.717, 1.165) is 43.4 Å². The second-order valence-corrected chi connectivity index (χ2v) is 7.17. The standard InChI is InChI=1S/C21H28N2O3/c1-26-19-9-5-6-16(14-19)15-20(24)23-12-10-18(11-13-23)22-21(25)17-7-3-2-4-8-17/h2-3,5-6,9,14,17-18H,4,7-8,10-13,15H2,1H3,(H,22,25)/t17-/m0/s1. The molecule has 0 saturated carbocycles. The summed E-state index contributed by atoms with van der Waals surface area (Å²) in [4.78, 5) is 26.8. The average Bonchev–Trinajstić information content (AvgIpc) is 2.69. The third-order valence-corrected chi connectivity index (χ3v) is 5.32. The van der Waals surface area contributed by atoms with Crippen LogP contribution in [0.5, 0.6) is 5.75 Å². The fraction of sp³-hybridized carbons (Fsp3) is 0.524. The number of rotatable bonds is 5. The van der Waals surface area contributed by atoms with Crippen molar-refractivity contribution in [1.82, 2.24) is 10.2 Å². The summed E-state index contributed by atoms with van der Waals surface area (Å²) in [6.07, 6.45) is 9.10. The summed E-state index contributed by atoms with van der Waals surface area (Å²) in [5, 5.41) is 3.19. The predicted octanol–water partition coefficient (Wildman–Crippen LogP) is 2.70. The van der Waals surface area contributed by atoms with Gasteiger partial charge in [-0.2, -0.15) is 0 Å². The van der Waals surface area contributed by atoms with Crippen molar-refractivity contribution in [3.05, 3.63) is 42.0 Å². The second kappa shape index (κ2) is 8.88. The van der Waals surface area contributed by atoms with Gasteiger partial charge in [0.1, 0.15) is 5.75 Å². The Morgan fingerprint density at radius 3 is 2.69 bits per heavy atom. The molecule has 0 spiro atoms. The minimum Gasteiger partial charge on any atom is -0.497 e. The topological polar surface area (TPSA) is 58.6 Å². The van der Waals surface area contributed by atoms with E-state index in [1.54, 1.807) is 7.11 Å². The summed E-state index contributed by atoms with van der Waals surface area (Å²) in [5.41, 5.74) is 0.968. The number of likely N-dealkylation sites (tertiary alicyclic amines) is 1. The number of benzene rings is 1. The van der Waals surface area contributed by atoms with Crippen LogP contribution in [0.3, 0.4) is 0 Å². The molecule has 1 atom stereocenters. The summed E-state index contributed by atoms with van der Waals surface area (Å²) in [5.74, 6) is 1.21. The van der Waals surface area contributed by atoms with Crippen LogP contribution < -0.4 is 10.1 Å². The Balaban J connectivity index is 1.44. The highest BCUT2D eigenvalue weighted by Crippen LogP contribution is 2.20. The van der Waals surface area contributed by atoms with Crippen LogP contribution in [0, 0.1) is 5.92 Å². The van der Waals surface area contributed by atoms with Crippen molar-refractivity contribution in [3.8, 4) is 5.75 Å². The number of hydrogen-bond acceptors (Lipinski definition) is 3. The van der Waals surface area contributed by atoms with Crippen LogP contribution in [-0.2, 0) is 16.0 Å². The molecule has 0 bridgehead atoms. The number of nitrogens with zero attached hydrogens (tertiary/aromatic N) is 1. The highest BCUT2D eigenvalue weighted by Gasteiger charge is 2.26. The van der Waals surface area contributed by atoms with Crippen LogP contribution in [0.1, 0.15) is 37.7 Å². The molecule has 1 aliphatic carbocycles. The van der Waals surface area contributed by atoms with Crippen LogP contribution in [-0.4, -0.2) is 43.0 Å². The largest absolute Gasteiger partial charge is 0.497 e. The quantitative estimate of drug-likeness (QED) is 0.825. The number of carbonyl (C=O) groups is 2. The number of amides is 2. The van der Waals surface area contributed by atoms with Crippen LogP contribution in [0.25, 0.3) is 0 Å². The van der Waals surface area contributed by atoms with Crippen molar-refractivity contribution in [2.75, 3.05) is 20.2 Å². The summed E-state index contributed by atoms with van der Waals surface area (Å²) in [7, 11) is 1.63. The van der Waals surface area contributed by atoms with Gasteiger partial charge in [0.05, 0.1) is 13.5 Å². The van der Waals surface area contributed by atoms with Crippen LogP contribution in [0.4, 0.5) is 0 Å². The monoisotopic (exact) mass is 356 g/mol. The van der Waals surface area contributed by atoms with E-state index >= 15 is 0 Å². The van der Waals surface area contributed by atoms with Gasteiger partial charge in [-0.3, -0.25) is 9.59 Å². The molecule has 1 fully saturated rings. The van der Waals surface area contributed by atoms with Crippen LogP contribution in [0.2, 0.25) is 0 Å². The van der Waals surface area contributed by atoms with Gasteiger partial charge in [-0.25, -0.2) is 0 Å². The van der Waals surface area contributed by atoms with Crippen LogP contribution in [0.15, 0.2) is 36.4 Å². The number of carbonyl (C=O) groups excluding carboxylic acids is 2. The maximum atomic E-state index is 12.5. The van der Waals surface area contributed by atoms with Crippen molar-refractivity contribution in [1.29, 1.82) is 0 Å². The molecule has 3 rings (SSSR count). The Hall–Kier alpha value is -2.30. The number of ether oxygens (including phenoxy) is 1. The van der Waals surface area contributed by atoms with Gasteiger partial charge in [0.25, 0.3) is 0 Å². The molecule has 140 valence electrons. The molecule has 0 radical (unpaired) electrons. The smallest absolute Gasteiger partial charge is 0.226 e. The Morgan fingerprint density at radius 1 is 1.19 bits per heavy atom. The first-order valence-electron chi connectivity index (χ1n) is 9.52. The highest BCUT2D eigenvalue weighted by atomic mass is 16.5. The zero-order chi connectivity index (χ0) is 18.4. The predicted molar refractivity (Wildman–Crippen MR) is 101 cm³/mol. The van der Waals surface area contributed by atoms with Crippen molar-refractivity contribution in [3.63, 3.8) is 0 Å². The molecule has 2 aliphatic rings. The van der Waals surface area contributed by atoms with E-state index in [4.69, 9.17) is 4.74 Å². The van der Waals surface area contributed by atoms with E-state index in [9.17, 15) is 9.59 Å². The van der Waals surface area contributed by atoms with Gasteiger partial charge in [0, 0.05) is 25.0 Å². The number of allylic oxidation sites excluding steroid dienone is 2. The molecule has 0 aromatic heterocycles. The molecule has 1 saturated heterocycles. The summed E-state index contributed by atoms with van der Waals surface area (Å²) < 4.78 is 5.21. The third kappa shape index (κ3) is 4.87. The number of hydrogen-bond donors (Lipinski definition) is 1. The lowest BCUT2D eigenvalue weighted by Gasteiger charge is -2.33. The molecular weight excluding hydrogens is 328 g/mol. The van der Waals surface area contributed by atoms with Gasteiger partial charge < -0.3 is 15.0 Å². The van der Waals surface area contributed by atoms with E-state index in [2.05, 4.69) is 17.5 Å². The molecule has 5 nitrogen and oxygen atoms in total. The minimum atomic E-state index is 0.118. The fourth-order valence-corrected chi connectivity index (χ4v) is 3.69. The van der Waals surface area contributed by atoms with Gasteiger partial charge in [0.15, 0.2) is 0 Å². The van der Waals surface area contributed by atoms with Gasteiger partial charge in [-0.15, -0.1) is 0 Å². The maximum absolute atomic E-state index is 12.5. The lowest BCUT2D eigenvalue weighted by Crippen LogP contribution is -2.48. The normalized spacial score (nSPS) is 20.7. The fourth-order valence-electron chi connectivity index (χ4n) is 3.69. The SMILES string of the molecule is COc1cccc(CC(=O)N2CCC(NC(=O)[C@H]3CC=CCC3)CC2)c1. The van der Waals surface area contributed by atoms with Gasteiger partial charge in [0.2, 0.25) is 11.8 Å². The molecule has 0 unspecified atom stereocenters. The molecule has 5 heteroatoms. The van der Waals surface area contributed by atoms with Gasteiger partial charge >= 0.3 is 0 Å². The van der Waals surface area contributed by atoms with E-state index in [1.165, 1.54) is 0 Å². The summed E-state index contributed by atoms with van der Waals surface area (Å²) in [6.45, 7) is 1.41. The third-order valence-electron chi connectivity index (χ3n) is 5.32. The van der Waals surface area contributed by atoms with E-state index in [-0.39, 0.29) is 23.8 Å². The average molecular weight is 356 g/mol. The number of piperidine rings is 1. The second-order valence-electron chi connectivity index (χ2n) is 7.17. The van der Waals surface area contributed by atoms with E-state index < -0.39 is 0 Å². The molecule has 26 heavy (non-hydrogen) atoms. The van der Waals surface area contributed by atoms with Crippen molar-refractivity contribution in [2.24, 2.45) is 5.92 Å². The number of methoxy groups -OCH3 is 1. The zero-order valence-electron chi connectivity index (χ0n) is 15.4. The van der Waals surface area contributed by atoms with Crippen molar-refractivity contribution < 1.29 is 14.3 Å². The first-order valence-corrected chi connectivity index (χ1v) is 9.52. The molecule has 1 aromatic rings. The summed E-state index contributed by atoms with van der Waals surface area (Å²) in [6, 6.07) is 7.83. The van der Waals surface area contributed by atoms with Gasteiger partial charge in [-0.05, 0) is 49.8 Å². The Kier molecular flexibility index (Phi) is 6.31. The highest BCUT2D eigenvalue weighted by molar-refractivity contribution is 5.80. The molecule has 1 N–H and O–H groups in total. The van der Waals surface area contributed by atoms with E-state index in [1.807, 2.05) is 29.2 Å². The Morgan fingerprint density at radius 2 is 2.00 bits per heavy atom. The molecule has 1 aromatic carbocycles. The first kappa shape index (κ1) is 18.5. The number of nitrogens with one attached hydrogen (secondary N) is 1. The maximum Gasteiger partial charge on any atom is 0.226 e. The minimum absolute atomic E-state index is 0.118.